The van der Waals surface area contributed by atoms with Gasteiger partial charge in [-0.25, -0.2) is 4.39 Å². The van der Waals surface area contributed by atoms with Crippen molar-refractivity contribution in [1.29, 1.82) is 5.26 Å². The first kappa shape index (κ1) is 27.5. The van der Waals surface area contributed by atoms with E-state index in [0.29, 0.717) is 57.4 Å². The molecule has 1 amide bonds. The molecule has 0 radical (unpaired) electrons. The number of nitrogens with zero attached hydrogens (tertiary/aromatic N) is 6. The molecule has 1 spiro atoms. The molecule has 9 nitrogen and oxygen atoms in total. The minimum absolute atomic E-state index is 0.173. The van der Waals surface area contributed by atoms with Crippen molar-refractivity contribution in [1.82, 2.24) is 19.8 Å². The summed E-state index contributed by atoms with van der Waals surface area (Å²) in [6.45, 7) is 6.61. The van der Waals surface area contributed by atoms with Gasteiger partial charge in [-0.1, -0.05) is 18.7 Å². The van der Waals surface area contributed by atoms with Crippen LogP contribution in [0.5, 0.6) is 11.9 Å². The molecule has 2 fully saturated rings. The molecule has 0 N–H and O–H groups in total. The Labute approximate surface area is 240 Å². The van der Waals surface area contributed by atoms with Crippen LogP contribution in [-0.2, 0) is 23.2 Å². The number of hydrogen-bond donors (Lipinski definition) is 0. The zero-order valence-electron chi connectivity index (χ0n) is 23.6. The van der Waals surface area contributed by atoms with Crippen molar-refractivity contribution in [3.05, 3.63) is 53.4 Å². The number of halogens is 1. The third-order valence-electron chi connectivity index (χ3n) is 9.26. The Balaban J connectivity index is 1.35. The average Bonchev–Trinajstić information content (AvgIpc) is 3.40. The van der Waals surface area contributed by atoms with Gasteiger partial charge in [0.2, 0.25) is 11.8 Å². The molecule has 6 rings (SSSR count). The van der Waals surface area contributed by atoms with Crippen molar-refractivity contribution in [3.8, 4) is 18.0 Å². The number of piperazine rings is 1. The summed E-state index contributed by atoms with van der Waals surface area (Å²) < 4.78 is 27.8. The number of fused-ring (bicyclic) bond motifs is 3. The molecule has 3 aliphatic heterocycles. The van der Waals surface area contributed by atoms with Gasteiger partial charge in [-0.2, -0.15) is 15.2 Å². The lowest BCUT2D eigenvalue weighted by Gasteiger charge is -2.44. The van der Waals surface area contributed by atoms with E-state index in [2.05, 4.69) is 29.5 Å². The molecule has 1 unspecified atom stereocenters. The first-order valence-electron chi connectivity index (χ1n) is 14.7. The smallest absolute Gasteiger partial charge is 0.321 e. The molecular formula is C31H37FN6O3. The quantitative estimate of drug-likeness (QED) is 0.493. The molecule has 0 bridgehead atoms. The first-order chi connectivity index (χ1) is 19.9. The van der Waals surface area contributed by atoms with Gasteiger partial charge >= 0.3 is 6.01 Å². The fourth-order valence-electron chi connectivity index (χ4n) is 7.01. The highest BCUT2D eigenvalue weighted by molar-refractivity contribution is 5.87. The van der Waals surface area contributed by atoms with Gasteiger partial charge in [-0.15, -0.1) is 0 Å². The molecule has 1 aromatic heterocycles. The maximum atomic E-state index is 14.8. The highest BCUT2D eigenvalue weighted by atomic mass is 19.1. The third-order valence-corrected chi connectivity index (χ3v) is 9.26. The van der Waals surface area contributed by atoms with Crippen molar-refractivity contribution in [2.24, 2.45) is 0 Å². The summed E-state index contributed by atoms with van der Waals surface area (Å²) in [6, 6.07) is 7.77. The number of ether oxygens (including phenoxy) is 2. The van der Waals surface area contributed by atoms with E-state index in [1.807, 2.05) is 6.07 Å². The summed E-state index contributed by atoms with van der Waals surface area (Å²) in [5.74, 6) is 0.852. The number of carbonyl (C=O) groups is 1. The van der Waals surface area contributed by atoms with Crippen LogP contribution < -0.4 is 14.4 Å². The van der Waals surface area contributed by atoms with Gasteiger partial charge in [0.1, 0.15) is 23.8 Å². The van der Waals surface area contributed by atoms with Crippen molar-refractivity contribution < 1.29 is 18.7 Å². The predicted molar refractivity (Wildman–Crippen MR) is 151 cm³/mol. The number of benzene rings is 1. The van der Waals surface area contributed by atoms with Gasteiger partial charge < -0.3 is 24.2 Å². The van der Waals surface area contributed by atoms with E-state index in [4.69, 9.17) is 19.4 Å². The van der Waals surface area contributed by atoms with Crippen LogP contribution in [0.1, 0.15) is 55.2 Å². The van der Waals surface area contributed by atoms with E-state index < -0.39 is 5.60 Å². The minimum atomic E-state index is -0.643. The number of likely N-dealkylation sites (N-methyl/N-ethyl adjacent to an activating group) is 1. The molecule has 4 heterocycles. The van der Waals surface area contributed by atoms with Gasteiger partial charge in [-0.05, 0) is 76.2 Å². The Morgan fingerprint density at radius 2 is 2.10 bits per heavy atom. The zero-order chi connectivity index (χ0) is 28.6. The number of hydrogen-bond acceptors (Lipinski definition) is 8. The maximum Gasteiger partial charge on any atom is 0.321 e. The van der Waals surface area contributed by atoms with Crippen LogP contribution in [-0.4, -0.2) is 77.6 Å². The monoisotopic (exact) mass is 560 g/mol. The Morgan fingerprint density at radius 1 is 1.22 bits per heavy atom. The van der Waals surface area contributed by atoms with Crippen LogP contribution in [0.4, 0.5) is 10.2 Å². The Kier molecular flexibility index (Phi) is 7.56. The van der Waals surface area contributed by atoms with Crippen molar-refractivity contribution in [2.75, 3.05) is 44.7 Å². The van der Waals surface area contributed by atoms with Crippen LogP contribution in [0.2, 0.25) is 0 Å². The lowest BCUT2D eigenvalue weighted by atomic mass is 9.74. The van der Waals surface area contributed by atoms with Gasteiger partial charge in [-0.3, -0.25) is 4.79 Å². The minimum Gasteiger partial charge on any atom is -0.466 e. The van der Waals surface area contributed by atoms with Gasteiger partial charge in [0.25, 0.3) is 0 Å². The Morgan fingerprint density at radius 3 is 2.88 bits per heavy atom. The second-order valence-corrected chi connectivity index (χ2v) is 11.6. The fourth-order valence-corrected chi connectivity index (χ4v) is 7.01. The molecule has 0 saturated carbocycles. The van der Waals surface area contributed by atoms with E-state index in [0.717, 1.165) is 54.7 Å². The molecule has 10 heteroatoms. The van der Waals surface area contributed by atoms with Crippen molar-refractivity contribution in [2.45, 2.75) is 69.1 Å². The molecule has 3 atom stereocenters. The van der Waals surface area contributed by atoms with Gasteiger partial charge in [0.15, 0.2) is 0 Å². The summed E-state index contributed by atoms with van der Waals surface area (Å²) >= 11 is 0. The Bertz CT molecular complexity index is 1380. The molecular weight excluding hydrogens is 523 g/mol. The first-order valence-corrected chi connectivity index (χ1v) is 14.7. The Hall–Kier alpha value is -3.71. The molecule has 2 aromatic rings. The molecule has 216 valence electrons. The van der Waals surface area contributed by atoms with Crippen molar-refractivity contribution >= 4 is 11.7 Å². The number of rotatable bonds is 6. The molecule has 1 aromatic carbocycles. The lowest BCUT2D eigenvalue weighted by molar-refractivity contribution is -0.128. The highest BCUT2D eigenvalue weighted by Crippen LogP contribution is 2.48. The number of nitriles is 1. The normalized spacial score (nSPS) is 25.7. The number of anilines is 1. The molecule has 41 heavy (non-hydrogen) atoms. The molecule has 4 aliphatic rings. The summed E-state index contributed by atoms with van der Waals surface area (Å²) in [4.78, 5) is 28.3. The standard InChI is InChI=1S/C31H37FN6O3/c1-3-27(39)38-18-17-37(19-21(38)12-15-33)28-24-11-14-31(13-5-8-23-25(31)9-4-10-26(23)32)41-29(24)35-30(34-28)40-20-22-7-6-16-36(22)2/h3-4,9-10,21-22H,1,5-8,11-14,16-20H2,2H3/t21-,22-,31?/m0/s1. The summed E-state index contributed by atoms with van der Waals surface area (Å²) in [5, 5.41) is 9.49. The summed E-state index contributed by atoms with van der Waals surface area (Å²) in [6.07, 6.45) is 7.40. The fraction of sp³-hybridized carbons (Fsp3) is 0.548. The lowest BCUT2D eigenvalue weighted by Crippen LogP contribution is -2.55. The van der Waals surface area contributed by atoms with Gasteiger partial charge in [0, 0.05) is 31.2 Å². The van der Waals surface area contributed by atoms with Crippen molar-refractivity contribution in [3.63, 3.8) is 0 Å². The SMILES string of the molecule is C=CC(=O)N1CCN(c2nc(OC[C@@H]3CCCN3C)nc3c2CCC2(CCCc4c(F)cccc42)O3)C[C@@H]1CC#N. The molecule has 2 saturated heterocycles. The van der Waals surface area contributed by atoms with E-state index in [1.54, 1.807) is 11.0 Å². The van der Waals surface area contributed by atoms with Crippen LogP contribution in [0.25, 0.3) is 0 Å². The van der Waals surface area contributed by atoms with Gasteiger partial charge in [0.05, 0.1) is 24.1 Å². The summed E-state index contributed by atoms with van der Waals surface area (Å²) in [5.41, 5.74) is 1.90. The number of carbonyl (C=O) groups excluding carboxylic acids is 1. The number of likely N-dealkylation sites (tertiary alicyclic amines) is 1. The second-order valence-electron chi connectivity index (χ2n) is 11.6. The molecule has 1 aliphatic carbocycles. The van der Waals surface area contributed by atoms with E-state index in [9.17, 15) is 14.4 Å². The van der Waals surface area contributed by atoms with E-state index >= 15 is 0 Å². The third kappa shape index (κ3) is 5.12. The second kappa shape index (κ2) is 11.3. The number of aromatic nitrogens is 2. The topological polar surface area (TPSA) is 94.8 Å². The van der Waals surface area contributed by atoms with Crippen LogP contribution in [0.3, 0.4) is 0 Å². The van der Waals surface area contributed by atoms with Crippen LogP contribution >= 0.6 is 0 Å². The van der Waals surface area contributed by atoms with E-state index in [-0.39, 0.29) is 30.2 Å². The zero-order valence-corrected chi connectivity index (χ0v) is 23.6. The van der Waals surface area contributed by atoms with Crippen LogP contribution in [0, 0.1) is 17.1 Å². The summed E-state index contributed by atoms with van der Waals surface area (Å²) in [7, 11) is 2.10. The highest BCUT2D eigenvalue weighted by Gasteiger charge is 2.44. The average molecular weight is 561 g/mol. The predicted octanol–water partition coefficient (Wildman–Crippen LogP) is 3.76. The van der Waals surface area contributed by atoms with E-state index in [1.165, 1.54) is 12.1 Å². The van der Waals surface area contributed by atoms with Crippen LogP contribution in [0.15, 0.2) is 30.9 Å². The maximum absolute atomic E-state index is 14.8. The largest absolute Gasteiger partial charge is 0.466 e. The number of amides is 1.